The Balaban J connectivity index is 0.00000243. The lowest BCUT2D eigenvalue weighted by atomic mass is 10.1. The molecule has 2 heterocycles. The second kappa shape index (κ2) is 10.4. The number of ether oxygens (including phenoxy) is 1. The van der Waals surface area contributed by atoms with Crippen molar-refractivity contribution < 1.29 is 14.3 Å². The summed E-state index contributed by atoms with van der Waals surface area (Å²) in [7, 11) is 0. The summed E-state index contributed by atoms with van der Waals surface area (Å²) in [5.74, 6) is -0.00509. The molecule has 3 rings (SSSR count). The molecule has 3 amide bonds. The highest BCUT2D eigenvalue weighted by atomic mass is 35.5. The lowest BCUT2D eigenvalue weighted by Gasteiger charge is -2.23. The number of nitrogens with zero attached hydrogens (tertiary/aromatic N) is 1. The summed E-state index contributed by atoms with van der Waals surface area (Å²) < 4.78 is 5.35. The van der Waals surface area contributed by atoms with Gasteiger partial charge in [0, 0.05) is 44.3 Å². The summed E-state index contributed by atoms with van der Waals surface area (Å²) >= 11 is 0. The predicted molar refractivity (Wildman–Crippen MR) is 103 cm³/mol. The molecule has 2 saturated heterocycles. The number of benzene rings is 1. The third-order valence-corrected chi connectivity index (χ3v) is 4.49. The van der Waals surface area contributed by atoms with Crippen LogP contribution in [0.2, 0.25) is 0 Å². The first-order valence-corrected chi connectivity index (χ1v) is 8.93. The van der Waals surface area contributed by atoms with Gasteiger partial charge in [0.05, 0.1) is 13.2 Å². The second-order valence-corrected chi connectivity index (χ2v) is 6.53. The number of anilines is 1. The average Bonchev–Trinajstić information content (AvgIpc) is 3.16. The van der Waals surface area contributed by atoms with Crippen LogP contribution in [0.1, 0.15) is 24.8 Å². The molecule has 1 unspecified atom stereocenters. The van der Waals surface area contributed by atoms with Crippen molar-refractivity contribution in [3.63, 3.8) is 0 Å². The van der Waals surface area contributed by atoms with E-state index in [0.29, 0.717) is 26.2 Å². The molecule has 1 aromatic carbocycles. The smallest absolute Gasteiger partial charge is 0.321 e. The molecule has 0 saturated carbocycles. The molecule has 0 aliphatic carbocycles. The van der Waals surface area contributed by atoms with Crippen molar-refractivity contribution >= 4 is 30.0 Å². The molecule has 0 aromatic heterocycles. The molecule has 2 fully saturated rings. The normalized spacial score (nSPS) is 19.5. The van der Waals surface area contributed by atoms with Crippen molar-refractivity contribution in [2.45, 2.75) is 31.8 Å². The Kier molecular flexibility index (Phi) is 8.15. The summed E-state index contributed by atoms with van der Waals surface area (Å²) in [5, 5.41) is 9.12. The molecule has 1 atom stereocenters. The van der Waals surface area contributed by atoms with Crippen molar-refractivity contribution in [2.75, 3.05) is 38.2 Å². The van der Waals surface area contributed by atoms with E-state index in [4.69, 9.17) is 4.74 Å². The van der Waals surface area contributed by atoms with Gasteiger partial charge in [-0.15, -0.1) is 12.4 Å². The zero-order valence-electron chi connectivity index (χ0n) is 14.8. The number of likely N-dealkylation sites (tertiary alicyclic amines) is 1. The predicted octanol–water partition coefficient (Wildman–Crippen LogP) is 1.73. The van der Waals surface area contributed by atoms with E-state index in [1.807, 2.05) is 29.2 Å². The summed E-state index contributed by atoms with van der Waals surface area (Å²) in [6, 6.07) is 7.62. The van der Waals surface area contributed by atoms with Crippen molar-refractivity contribution in [1.82, 2.24) is 15.5 Å². The SMILES string of the molecule is Cl.O=C(CC1COCCN1)NCc1cccc(NC(=O)N2CCCC2)c1. The van der Waals surface area contributed by atoms with E-state index in [1.54, 1.807) is 0 Å². The maximum absolute atomic E-state index is 12.1. The first kappa shape index (κ1) is 20.5. The Hall–Kier alpha value is -1.83. The highest BCUT2D eigenvalue weighted by Gasteiger charge is 2.18. The van der Waals surface area contributed by atoms with Crippen molar-refractivity contribution in [2.24, 2.45) is 0 Å². The van der Waals surface area contributed by atoms with Gasteiger partial charge in [-0.3, -0.25) is 4.79 Å². The van der Waals surface area contributed by atoms with E-state index < -0.39 is 0 Å². The van der Waals surface area contributed by atoms with Gasteiger partial charge in [0.1, 0.15) is 0 Å². The molecular formula is C18H27ClN4O3. The van der Waals surface area contributed by atoms with Gasteiger partial charge in [0.2, 0.25) is 5.91 Å². The molecule has 0 spiro atoms. The third kappa shape index (κ3) is 6.16. The monoisotopic (exact) mass is 382 g/mol. The quantitative estimate of drug-likeness (QED) is 0.724. The standard InChI is InChI=1S/C18H26N4O3.ClH/c23-17(11-16-13-25-9-6-19-16)20-12-14-4-3-5-15(10-14)21-18(24)22-7-1-2-8-22;/h3-5,10,16,19H,1-2,6-9,11-13H2,(H,20,23)(H,21,24);1H. The zero-order chi connectivity index (χ0) is 17.5. The Labute approximate surface area is 160 Å². The van der Waals surface area contributed by atoms with Crippen LogP contribution >= 0.6 is 12.4 Å². The molecule has 8 heteroatoms. The Morgan fingerprint density at radius 3 is 2.81 bits per heavy atom. The minimum atomic E-state index is -0.0536. The molecule has 0 radical (unpaired) electrons. The fourth-order valence-corrected chi connectivity index (χ4v) is 3.13. The second-order valence-electron chi connectivity index (χ2n) is 6.53. The molecule has 144 valence electrons. The Morgan fingerprint density at radius 1 is 1.27 bits per heavy atom. The Bertz CT molecular complexity index is 602. The van der Waals surface area contributed by atoms with Gasteiger partial charge in [-0.25, -0.2) is 4.79 Å². The van der Waals surface area contributed by atoms with Crippen LogP contribution in [0, 0.1) is 0 Å². The molecule has 0 bridgehead atoms. The van der Waals surface area contributed by atoms with Crippen LogP contribution in [-0.4, -0.2) is 55.7 Å². The number of morpholine rings is 1. The number of urea groups is 1. The van der Waals surface area contributed by atoms with Gasteiger partial charge in [0.25, 0.3) is 0 Å². The zero-order valence-corrected chi connectivity index (χ0v) is 15.6. The van der Waals surface area contributed by atoms with Gasteiger partial charge >= 0.3 is 6.03 Å². The van der Waals surface area contributed by atoms with Crippen LogP contribution in [0.4, 0.5) is 10.5 Å². The van der Waals surface area contributed by atoms with E-state index in [2.05, 4.69) is 16.0 Å². The maximum atomic E-state index is 12.1. The lowest BCUT2D eigenvalue weighted by Crippen LogP contribution is -2.44. The van der Waals surface area contributed by atoms with E-state index >= 15 is 0 Å². The highest BCUT2D eigenvalue weighted by Crippen LogP contribution is 2.14. The highest BCUT2D eigenvalue weighted by molar-refractivity contribution is 5.89. The van der Waals surface area contributed by atoms with Crippen LogP contribution in [0.25, 0.3) is 0 Å². The van der Waals surface area contributed by atoms with E-state index in [-0.39, 0.29) is 30.4 Å². The Morgan fingerprint density at radius 2 is 2.08 bits per heavy atom. The molecular weight excluding hydrogens is 356 g/mol. The van der Waals surface area contributed by atoms with Gasteiger partial charge in [-0.1, -0.05) is 12.1 Å². The van der Waals surface area contributed by atoms with Crippen LogP contribution in [-0.2, 0) is 16.1 Å². The van der Waals surface area contributed by atoms with E-state index in [9.17, 15) is 9.59 Å². The first-order chi connectivity index (χ1) is 12.2. The van der Waals surface area contributed by atoms with Gasteiger partial charge < -0.3 is 25.6 Å². The van der Waals surface area contributed by atoms with Crippen LogP contribution in [0.3, 0.4) is 0 Å². The molecule has 2 aliphatic heterocycles. The molecule has 3 N–H and O–H groups in total. The molecule has 26 heavy (non-hydrogen) atoms. The minimum Gasteiger partial charge on any atom is -0.378 e. The van der Waals surface area contributed by atoms with Crippen LogP contribution < -0.4 is 16.0 Å². The van der Waals surface area contributed by atoms with Gasteiger partial charge in [-0.2, -0.15) is 0 Å². The molecule has 1 aromatic rings. The molecule has 7 nitrogen and oxygen atoms in total. The van der Waals surface area contributed by atoms with E-state index in [1.165, 1.54) is 0 Å². The van der Waals surface area contributed by atoms with Crippen LogP contribution in [0.5, 0.6) is 0 Å². The first-order valence-electron chi connectivity index (χ1n) is 8.93. The number of hydrogen-bond acceptors (Lipinski definition) is 4. The summed E-state index contributed by atoms with van der Waals surface area (Å²) in [6.07, 6.45) is 2.55. The van der Waals surface area contributed by atoms with Crippen molar-refractivity contribution in [1.29, 1.82) is 0 Å². The minimum absolute atomic E-state index is 0. The number of carbonyl (C=O) groups excluding carboxylic acids is 2. The number of nitrogens with one attached hydrogen (secondary N) is 3. The summed E-state index contributed by atoms with van der Waals surface area (Å²) in [4.78, 5) is 26.0. The summed E-state index contributed by atoms with van der Waals surface area (Å²) in [6.45, 7) is 4.15. The number of rotatable bonds is 5. The fourth-order valence-electron chi connectivity index (χ4n) is 3.13. The van der Waals surface area contributed by atoms with Crippen molar-refractivity contribution in [3.8, 4) is 0 Å². The maximum Gasteiger partial charge on any atom is 0.321 e. The largest absolute Gasteiger partial charge is 0.378 e. The van der Waals surface area contributed by atoms with Crippen molar-refractivity contribution in [3.05, 3.63) is 29.8 Å². The molecule has 2 aliphatic rings. The topological polar surface area (TPSA) is 82.7 Å². The number of halogens is 1. The number of carbonyl (C=O) groups is 2. The average molecular weight is 383 g/mol. The van der Waals surface area contributed by atoms with Crippen LogP contribution in [0.15, 0.2) is 24.3 Å². The van der Waals surface area contributed by atoms with E-state index in [0.717, 1.165) is 43.7 Å². The van der Waals surface area contributed by atoms with Gasteiger partial charge in [0.15, 0.2) is 0 Å². The number of hydrogen-bond donors (Lipinski definition) is 3. The van der Waals surface area contributed by atoms with Gasteiger partial charge in [-0.05, 0) is 30.5 Å². The lowest BCUT2D eigenvalue weighted by molar-refractivity contribution is -0.122. The fraction of sp³-hybridized carbons (Fsp3) is 0.556. The number of amides is 3. The summed E-state index contributed by atoms with van der Waals surface area (Å²) in [5.41, 5.74) is 1.71. The third-order valence-electron chi connectivity index (χ3n) is 4.49.